The lowest BCUT2D eigenvalue weighted by Gasteiger charge is -1.99. The highest BCUT2D eigenvalue weighted by atomic mass is 79.9. The third-order valence-electron chi connectivity index (χ3n) is 1.06. The van der Waals surface area contributed by atoms with Gasteiger partial charge in [0.15, 0.2) is 0 Å². The van der Waals surface area contributed by atoms with Crippen LogP contribution in [0.5, 0.6) is 0 Å². The molecule has 0 aromatic heterocycles. The maximum Gasteiger partial charge on any atom is 0.0452 e. The van der Waals surface area contributed by atoms with Gasteiger partial charge in [0.05, 0.1) is 0 Å². The molecule has 1 heterocycles. The minimum Gasteiger partial charge on any atom is -0.289 e. The second kappa shape index (κ2) is 3.02. The molecule has 0 fully saturated rings. The molecule has 0 radical (unpaired) electrons. The van der Waals surface area contributed by atoms with Crippen molar-refractivity contribution in [1.29, 1.82) is 0 Å². The molecule has 1 nitrogen and oxygen atoms in total. The van der Waals surface area contributed by atoms with Crippen LogP contribution in [0.4, 0.5) is 0 Å². The molecule has 1 aliphatic heterocycles. The van der Waals surface area contributed by atoms with E-state index in [1.165, 1.54) is 0 Å². The van der Waals surface area contributed by atoms with Gasteiger partial charge >= 0.3 is 0 Å². The maximum atomic E-state index is 4.23. The van der Waals surface area contributed by atoms with Gasteiger partial charge in [0.1, 0.15) is 0 Å². The fourth-order valence-corrected chi connectivity index (χ4v) is 1.01. The summed E-state index contributed by atoms with van der Waals surface area (Å²) in [6, 6.07) is 0. The Bertz CT molecular complexity index is 126. The molecule has 44 valence electrons. The Labute approximate surface area is 57.6 Å². The van der Waals surface area contributed by atoms with Crippen LogP contribution in [0.15, 0.2) is 17.1 Å². The van der Waals surface area contributed by atoms with Crippen LogP contribution in [0.3, 0.4) is 0 Å². The minimum atomic E-state index is 0.892. The monoisotopic (exact) mass is 173 g/mol. The molecule has 0 aromatic carbocycles. The van der Waals surface area contributed by atoms with Crippen LogP contribution in [0.25, 0.3) is 0 Å². The fourth-order valence-electron chi connectivity index (χ4n) is 0.642. The Balaban J connectivity index is 2.51. The highest BCUT2D eigenvalue weighted by Gasteiger charge is 1.93. The van der Waals surface area contributed by atoms with Crippen molar-refractivity contribution in [2.24, 2.45) is 4.99 Å². The quantitative estimate of drug-likeness (QED) is 0.537. The van der Waals surface area contributed by atoms with E-state index in [0.29, 0.717) is 0 Å². The van der Waals surface area contributed by atoms with E-state index in [0.717, 1.165) is 24.0 Å². The normalized spacial score (nSPS) is 18.4. The molecule has 0 spiro atoms. The van der Waals surface area contributed by atoms with Gasteiger partial charge in [-0.05, 0) is 12.5 Å². The molecule has 1 aliphatic rings. The summed E-state index contributed by atoms with van der Waals surface area (Å²) in [5, 5.41) is 0.892. The summed E-state index contributed by atoms with van der Waals surface area (Å²) in [5.41, 5.74) is 1.16. The number of aliphatic imine (C=N–C) groups is 1. The number of hydrogen-bond donors (Lipinski definition) is 0. The Morgan fingerprint density at radius 2 is 2.62 bits per heavy atom. The number of nitrogens with zero attached hydrogens (tertiary/aromatic N) is 1. The first kappa shape index (κ1) is 6.02. The van der Waals surface area contributed by atoms with E-state index in [4.69, 9.17) is 0 Å². The van der Waals surface area contributed by atoms with Gasteiger partial charge in [-0.2, -0.15) is 0 Å². The second-order valence-corrected chi connectivity index (χ2v) is 2.26. The van der Waals surface area contributed by atoms with Gasteiger partial charge in [-0.25, -0.2) is 0 Å². The molecule has 8 heavy (non-hydrogen) atoms. The summed E-state index contributed by atoms with van der Waals surface area (Å²) < 4.78 is 0. The SMILES string of the molecule is BrCC1=NCCC=C1. The minimum absolute atomic E-state index is 0.892. The molecular formula is C6H8BrN. The van der Waals surface area contributed by atoms with Crippen molar-refractivity contribution in [3.63, 3.8) is 0 Å². The van der Waals surface area contributed by atoms with Crippen LogP contribution in [-0.2, 0) is 0 Å². The predicted molar refractivity (Wildman–Crippen MR) is 39.9 cm³/mol. The first-order valence-electron chi connectivity index (χ1n) is 2.69. The lowest BCUT2D eigenvalue weighted by molar-refractivity contribution is 0.993. The molecule has 0 N–H and O–H groups in total. The van der Waals surface area contributed by atoms with E-state index in [1.54, 1.807) is 0 Å². The molecule has 0 aliphatic carbocycles. The Kier molecular flexibility index (Phi) is 2.27. The van der Waals surface area contributed by atoms with E-state index in [2.05, 4.69) is 33.1 Å². The molecule has 0 amide bonds. The van der Waals surface area contributed by atoms with Crippen molar-refractivity contribution in [3.05, 3.63) is 12.2 Å². The van der Waals surface area contributed by atoms with E-state index < -0.39 is 0 Å². The van der Waals surface area contributed by atoms with E-state index in [-0.39, 0.29) is 0 Å². The smallest absolute Gasteiger partial charge is 0.0452 e. The molecule has 0 atom stereocenters. The van der Waals surface area contributed by atoms with Crippen molar-refractivity contribution >= 4 is 21.6 Å². The number of hydrogen-bond acceptors (Lipinski definition) is 1. The lowest BCUT2D eigenvalue weighted by atomic mass is 10.2. The number of alkyl halides is 1. The number of allylic oxidation sites excluding steroid dienone is 1. The molecule has 0 saturated heterocycles. The van der Waals surface area contributed by atoms with Crippen LogP contribution in [0, 0.1) is 0 Å². The van der Waals surface area contributed by atoms with Gasteiger partial charge in [-0.3, -0.25) is 4.99 Å². The molecular weight excluding hydrogens is 166 g/mol. The van der Waals surface area contributed by atoms with Crippen LogP contribution < -0.4 is 0 Å². The molecule has 0 unspecified atom stereocenters. The van der Waals surface area contributed by atoms with Gasteiger partial charge in [-0.15, -0.1) is 0 Å². The zero-order valence-corrected chi connectivity index (χ0v) is 6.19. The summed E-state index contributed by atoms with van der Waals surface area (Å²) in [6.45, 7) is 0.970. The molecule has 0 saturated carbocycles. The van der Waals surface area contributed by atoms with Crippen LogP contribution in [0.1, 0.15) is 6.42 Å². The third kappa shape index (κ3) is 1.44. The van der Waals surface area contributed by atoms with Crippen molar-refractivity contribution < 1.29 is 0 Å². The Morgan fingerprint density at radius 3 is 3.00 bits per heavy atom. The molecule has 0 bridgehead atoms. The maximum absolute atomic E-state index is 4.23. The second-order valence-electron chi connectivity index (χ2n) is 1.70. The molecule has 1 rings (SSSR count). The Morgan fingerprint density at radius 1 is 1.75 bits per heavy atom. The molecule has 0 aromatic rings. The highest BCUT2D eigenvalue weighted by molar-refractivity contribution is 9.09. The van der Waals surface area contributed by atoms with Gasteiger partial charge in [0, 0.05) is 17.6 Å². The summed E-state index contributed by atoms with van der Waals surface area (Å²) in [7, 11) is 0. The zero-order chi connectivity index (χ0) is 5.82. The van der Waals surface area contributed by atoms with Crippen LogP contribution in [-0.4, -0.2) is 17.6 Å². The average molecular weight is 174 g/mol. The first-order valence-corrected chi connectivity index (χ1v) is 3.81. The zero-order valence-electron chi connectivity index (χ0n) is 4.60. The largest absolute Gasteiger partial charge is 0.289 e. The predicted octanol–water partition coefficient (Wildman–Crippen LogP) is 1.78. The van der Waals surface area contributed by atoms with Crippen LogP contribution in [0.2, 0.25) is 0 Å². The standard InChI is InChI=1S/C6H8BrN/c7-5-6-3-1-2-4-8-6/h1,3H,2,4-5H2. The van der Waals surface area contributed by atoms with Crippen molar-refractivity contribution in [2.45, 2.75) is 6.42 Å². The first-order chi connectivity index (χ1) is 3.93. The van der Waals surface area contributed by atoms with E-state index >= 15 is 0 Å². The lowest BCUT2D eigenvalue weighted by Crippen LogP contribution is -2.00. The number of halogens is 1. The third-order valence-corrected chi connectivity index (χ3v) is 1.63. The van der Waals surface area contributed by atoms with E-state index in [9.17, 15) is 0 Å². The van der Waals surface area contributed by atoms with Gasteiger partial charge < -0.3 is 0 Å². The average Bonchev–Trinajstić information content (AvgIpc) is 1.90. The van der Waals surface area contributed by atoms with Crippen molar-refractivity contribution in [2.75, 3.05) is 11.9 Å². The van der Waals surface area contributed by atoms with Gasteiger partial charge in [0.2, 0.25) is 0 Å². The van der Waals surface area contributed by atoms with Gasteiger partial charge in [-0.1, -0.05) is 22.0 Å². The summed E-state index contributed by atoms with van der Waals surface area (Å²) in [4.78, 5) is 4.23. The fraction of sp³-hybridized carbons (Fsp3) is 0.500. The Hall–Kier alpha value is -0.110. The number of dihydropyridines is 1. The highest BCUT2D eigenvalue weighted by Crippen LogP contribution is 1.98. The van der Waals surface area contributed by atoms with Crippen molar-refractivity contribution in [3.8, 4) is 0 Å². The summed E-state index contributed by atoms with van der Waals surface area (Å²) in [6.07, 6.45) is 5.33. The number of rotatable bonds is 1. The molecule has 2 heteroatoms. The topological polar surface area (TPSA) is 12.4 Å². The summed E-state index contributed by atoms with van der Waals surface area (Å²) in [5.74, 6) is 0. The van der Waals surface area contributed by atoms with Gasteiger partial charge in [0.25, 0.3) is 0 Å². The van der Waals surface area contributed by atoms with Crippen molar-refractivity contribution in [1.82, 2.24) is 0 Å². The summed E-state index contributed by atoms with van der Waals surface area (Å²) >= 11 is 3.33. The van der Waals surface area contributed by atoms with Crippen LogP contribution >= 0.6 is 15.9 Å². The van der Waals surface area contributed by atoms with E-state index in [1.807, 2.05) is 0 Å².